The number of nitrogens with zero attached hydrogens (tertiary/aromatic N) is 3. The van der Waals surface area contributed by atoms with Gasteiger partial charge in [-0.3, -0.25) is 9.20 Å². The van der Waals surface area contributed by atoms with Crippen LogP contribution in [0.3, 0.4) is 0 Å². The number of aromatic nitrogens is 3. The van der Waals surface area contributed by atoms with Gasteiger partial charge in [0, 0.05) is 36.6 Å². The fourth-order valence-corrected chi connectivity index (χ4v) is 3.16. The summed E-state index contributed by atoms with van der Waals surface area (Å²) in [6, 6.07) is 10.2. The number of rotatable bonds is 6. The van der Waals surface area contributed by atoms with Gasteiger partial charge in [-0.05, 0) is 24.1 Å². The fourth-order valence-electron chi connectivity index (χ4n) is 2.22. The largest absolute Gasteiger partial charge is 0.350 e. The van der Waals surface area contributed by atoms with E-state index >= 15 is 0 Å². The highest BCUT2D eigenvalue weighted by atomic mass is 32.2. The van der Waals surface area contributed by atoms with Crippen molar-refractivity contribution in [2.45, 2.75) is 12.7 Å². The Balaban J connectivity index is 1.45. The minimum absolute atomic E-state index is 0.160. The van der Waals surface area contributed by atoms with Crippen molar-refractivity contribution >= 4 is 23.4 Å². The molecule has 0 aliphatic rings. The molecule has 0 saturated carbocycles. The molecule has 3 rings (SSSR count). The lowest BCUT2D eigenvalue weighted by atomic mass is 10.1. The van der Waals surface area contributed by atoms with Crippen molar-refractivity contribution in [2.24, 2.45) is 0 Å². The Hall–Kier alpha value is -2.34. The predicted molar refractivity (Wildman–Crippen MR) is 92.7 cm³/mol. The number of carbonyl (C=O) groups excluding carboxylic acids is 1. The van der Waals surface area contributed by atoms with Gasteiger partial charge in [0.2, 0.25) is 5.78 Å². The molecular formula is C17H18N4OS. The number of thioether (sulfide) groups is 1. The maximum Gasteiger partial charge on any atom is 0.271 e. The molecule has 0 bridgehead atoms. The second-order valence-electron chi connectivity index (χ2n) is 5.19. The minimum atomic E-state index is -0.160. The first-order valence-corrected chi connectivity index (χ1v) is 8.59. The van der Waals surface area contributed by atoms with Crippen molar-refractivity contribution < 1.29 is 4.79 Å². The van der Waals surface area contributed by atoms with E-state index in [9.17, 15) is 4.79 Å². The van der Waals surface area contributed by atoms with Crippen LogP contribution in [0, 0.1) is 6.92 Å². The van der Waals surface area contributed by atoms with E-state index in [0.717, 1.165) is 11.5 Å². The number of hydrogen-bond donors (Lipinski definition) is 1. The van der Waals surface area contributed by atoms with Gasteiger partial charge in [-0.2, -0.15) is 11.8 Å². The van der Waals surface area contributed by atoms with Gasteiger partial charge in [0.25, 0.3) is 5.91 Å². The lowest BCUT2D eigenvalue weighted by Gasteiger charge is -2.06. The molecule has 0 saturated heterocycles. The first-order valence-electron chi connectivity index (χ1n) is 7.44. The number of carbonyl (C=O) groups is 1. The van der Waals surface area contributed by atoms with Gasteiger partial charge >= 0.3 is 0 Å². The monoisotopic (exact) mass is 326 g/mol. The predicted octanol–water partition coefficient (Wildman–Crippen LogP) is 2.70. The van der Waals surface area contributed by atoms with Gasteiger partial charge in [0.05, 0.1) is 0 Å². The highest BCUT2D eigenvalue weighted by molar-refractivity contribution is 7.98. The van der Waals surface area contributed by atoms with E-state index in [-0.39, 0.29) is 5.91 Å². The molecule has 0 aliphatic heterocycles. The van der Waals surface area contributed by atoms with Crippen molar-refractivity contribution in [3.05, 3.63) is 65.7 Å². The van der Waals surface area contributed by atoms with Crippen LogP contribution in [0.15, 0.2) is 48.9 Å². The first-order chi connectivity index (χ1) is 11.2. The van der Waals surface area contributed by atoms with Gasteiger partial charge in [-0.25, -0.2) is 9.97 Å². The molecule has 0 atom stereocenters. The summed E-state index contributed by atoms with van der Waals surface area (Å²) < 4.78 is 1.74. The summed E-state index contributed by atoms with van der Waals surface area (Å²) in [4.78, 5) is 20.4. The van der Waals surface area contributed by atoms with Crippen molar-refractivity contribution in [3.8, 4) is 0 Å². The highest BCUT2D eigenvalue weighted by Crippen LogP contribution is 2.15. The second-order valence-corrected chi connectivity index (χ2v) is 6.29. The normalized spacial score (nSPS) is 10.8. The molecule has 0 fully saturated rings. The third kappa shape index (κ3) is 3.90. The highest BCUT2D eigenvalue weighted by Gasteiger charge is 2.10. The zero-order valence-electron chi connectivity index (χ0n) is 12.9. The van der Waals surface area contributed by atoms with Crippen LogP contribution in [0.25, 0.3) is 5.78 Å². The lowest BCUT2D eigenvalue weighted by molar-refractivity contribution is 0.0952. The number of aryl methyl sites for hydroxylation is 1. The molecule has 0 aliphatic carbocycles. The van der Waals surface area contributed by atoms with Crippen LogP contribution in [0.5, 0.6) is 0 Å². The second kappa shape index (κ2) is 7.28. The molecule has 6 heteroatoms. The fraction of sp³-hybridized carbons (Fsp3) is 0.235. The Morgan fingerprint density at radius 1 is 1.30 bits per heavy atom. The molecule has 2 aromatic heterocycles. The smallest absolute Gasteiger partial charge is 0.271 e. The number of fused-ring (bicyclic) bond motifs is 1. The zero-order chi connectivity index (χ0) is 16.1. The van der Waals surface area contributed by atoms with Crippen molar-refractivity contribution in [1.29, 1.82) is 0 Å². The van der Waals surface area contributed by atoms with E-state index < -0.39 is 0 Å². The molecule has 1 N–H and O–H groups in total. The Bertz CT molecular complexity index is 782. The molecule has 2 heterocycles. The van der Waals surface area contributed by atoms with E-state index in [1.807, 2.05) is 24.0 Å². The molecule has 1 aromatic carbocycles. The lowest BCUT2D eigenvalue weighted by Crippen LogP contribution is -2.26. The van der Waals surface area contributed by atoms with Crippen molar-refractivity contribution in [1.82, 2.24) is 19.7 Å². The molecule has 1 amide bonds. The number of imidazole rings is 1. The van der Waals surface area contributed by atoms with Crippen LogP contribution >= 0.6 is 11.8 Å². The molecule has 5 nitrogen and oxygen atoms in total. The Morgan fingerprint density at radius 3 is 3.00 bits per heavy atom. The van der Waals surface area contributed by atoms with E-state index in [1.54, 1.807) is 22.9 Å². The summed E-state index contributed by atoms with van der Waals surface area (Å²) in [5.74, 6) is 2.20. The number of hydrogen-bond acceptors (Lipinski definition) is 4. The van der Waals surface area contributed by atoms with Crippen LogP contribution in [-0.2, 0) is 5.75 Å². The summed E-state index contributed by atoms with van der Waals surface area (Å²) in [5.41, 5.74) is 3.05. The van der Waals surface area contributed by atoms with Crippen LogP contribution in [-0.4, -0.2) is 32.6 Å². The van der Waals surface area contributed by atoms with E-state index in [2.05, 4.69) is 40.4 Å². The standard InChI is InChI=1S/C17H18N4OS/c1-13-5-2-3-6-14(13)12-23-10-8-18-16(22)15-11-21-9-4-7-19-17(21)20-15/h2-7,9,11H,8,10,12H2,1H3,(H,18,22). The maximum absolute atomic E-state index is 12.1. The summed E-state index contributed by atoms with van der Waals surface area (Å²) in [6.45, 7) is 2.74. The van der Waals surface area contributed by atoms with Gasteiger partial charge in [0.15, 0.2) is 0 Å². The van der Waals surface area contributed by atoms with Crippen LogP contribution in [0.1, 0.15) is 21.6 Å². The van der Waals surface area contributed by atoms with Crippen LogP contribution in [0.2, 0.25) is 0 Å². The summed E-state index contributed by atoms with van der Waals surface area (Å²) >= 11 is 1.81. The molecule has 0 radical (unpaired) electrons. The summed E-state index contributed by atoms with van der Waals surface area (Å²) in [5, 5.41) is 2.90. The van der Waals surface area contributed by atoms with Gasteiger partial charge in [0.1, 0.15) is 5.69 Å². The molecule has 118 valence electrons. The zero-order valence-corrected chi connectivity index (χ0v) is 13.7. The topological polar surface area (TPSA) is 59.3 Å². The van der Waals surface area contributed by atoms with E-state index in [4.69, 9.17) is 0 Å². The number of nitrogens with one attached hydrogen (secondary N) is 1. The SMILES string of the molecule is Cc1ccccc1CSCCNC(=O)c1cn2cccnc2n1. The Morgan fingerprint density at radius 2 is 2.17 bits per heavy atom. The maximum atomic E-state index is 12.1. The molecule has 0 unspecified atom stereocenters. The minimum Gasteiger partial charge on any atom is -0.350 e. The summed E-state index contributed by atoms with van der Waals surface area (Å²) in [6.07, 6.45) is 5.18. The van der Waals surface area contributed by atoms with Gasteiger partial charge < -0.3 is 5.32 Å². The molecular weight excluding hydrogens is 308 g/mol. The number of amides is 1. The average Bonchev–Trinajstić information content (AvgIpc) is 3.00. The Kier molecular flexibility index (Phi) is 4.92. The number of benzene rings is 1. The van der Waals surface area contributed by atoms with Crippen molar-refractivity contribution in [3.63, 3.8) is 0 Å². The molecule has 0 spiro atoms. The van der Waals surface area contributed by atoms with Crippen LogP contribution in [0.4, 0.5) is 0 Å². The van der Waals surface area contributed by atoms with E-state index in [1.165, 1.54) is 11.1 Å². The first kappa shape index (κ1) is 15.6. The average molecular weight is 326 g/mol. The quantitative estimate of drug-likeness (QED) is 0.708. The third-order valence-electron chi connectivity index (χ3n) is 3.52. The molecule has 23 heavy (non-hydrogen) atoms. The Labute approximate surface area is 139 Å². The summed E-state index contributed by atoms with van der Waals surface area (Å²) in [7, 11) is 0. The van der Waals surface area contributed by atoms with Crippen LogP contribution < -0.4 is 5.32 Å². The van der Waals surface area contributed by atoms with Crippen molar-refractivity contribution in [2.75, 3.05) is 12.3 Å². The third-order valence-corrected chi connectivity index (χ3v) is 4.53. The molecule has 3 aromatic rings. The van der Waals surface area contributed by atoms with Gasteiger partial charge in [-0.15, -0.1) is 0 Å². The van der Waals surface area contributed by atoms with E-state index in [0.29, 0.717) is 18.0 Å². The van der Waals surface area contributed by atoms with Gasteiger partial charge in [-0.1, -0.05) is 24.3 Å².